The summed E-state index contributed by atoms with van der Waals surface area (Å²) in [5.41, 5.74) is -1.10. The Morgan fingerprint density at radius 2 is 2.11 bits per heavy atom. The van der Waals surface area contributed by atoms with E-state index < -0.39 is 42.1 Å². The molecule has 1 aromatic rings. The van der Waals surface area contributed by atoms with Crippen molar-refractivity contribution >= 4 is 26.5 Å². The summed E-state index contributed by atoms with van der Waals surface area (Å²) in [5.74, 6) is -1.17. The molecule has 19 heavy (non-hydrogen) atoms. The number of halogens is 1. The van der Waals surface area contributed by atoms with Gasteiger partial charge >= 0.3 is 5.69 Å². The van der Waals surface area contributed by atoms with E-state index in [0.29, 0.717) is 0 Å². The summed E-state index contributed by atoms with van der Waals surface area (Å²) in [4.78, 5) is 8.85. The van der Waals surface area contributed by atoms with E-state index >= 15 is 0 Å². The molecule has 1 aromatic carbocycles. The van der Waals surface area contributed by atoms with Crippen molar-refractivity contribution in [3.8, 4) is 0 Å². The molecule has 106 valence electrons. The maximum atomic E-state index is 13.3. The molecular formula is C9H11FN2O5S2. The molecule has 0 saturated heterocycles. The Labute approximate surface area is 111 Å². The lowest BCUT2D eigenvalue weighted by Gasteiger charge is -2.06. The van der Waals surface area contributed by atoms with Gasteiger partial charge in [0.1, 0.15) is 0 Å². The van der Waals surface area contributed by atoms with Crippen molar-refractivity contribution in [3.63, 3.8) is 0 Å². The number of benzene rings is 1. The molecule has 7 nitrogen and oxygen atoms in total. The molecule has 0 aliphatic rings. The van der Waals surface area contributed by atoms with Gasteiger partial charge in [0.15, 0.2) is 4.90 Å². The number of nitro groups is 1. The maximum absolute atomic E-state index is 13.3. The zero-order chi connectivity index (χ0) is 14.6. The summed E-state index contributed by atoms with van der Waals surface area (Å²) in [6, 6.07) is 2.81. The molecule has 0 saturated carbocycles. The first-order valence-corrected chi connectivity index (χ1v) is 8.19. The highest BCUT2D eigenvalue weighted by atomic mass is 32.2. The molecule has 10 heteroatoms. The van der Waals surface area contributed by atoms with E-state index in [1.807, 2.05) is 4.72 Å². The minimum atomic E-state index is -4.22. The summed E-state index contributed by atoms with van der Waals surface area (Å²) in [5, 5.41) is 10.7. The highest BCUT2D eigenvalue weighted by Gasteiger charge is 2.28. The van der Waals surface area contributed by atoms with Crippen LogP contribution in [0.1, 0.15) is 0 Å². The Hall–Kier alpha value is -1.39. The fourth-order valence-electron chi connectivity index (χ4n) is 1.29. The summed E-state index contributed by atoms with van der Waals surface area (Å²) in [6.45, 7) is -0.154. The molecule has 0 heterocycles. The molecule has 1 rings (SSSR count). The first-order chi connectivity index (χ1) is 8.75. The standard InChI is InChI=1S/C9H11FN2O5S2/c1-18(15)6-5-11-19(16,17)8-4-2-3-7(10)9(8)12(13)14/h2-4,11H,5-6H2,1H3. The number of hydrogen-bond acceptors (Lipinski definition) is 5. The van der Waals surface area contributed by atoms with Crippen molar-refractivity contribution in [2.75, 3.05) is 18.6 Å². The van der Waals surface area contributed by atoms with Crippen LogP contribution in [-0.2, 0) is 20.8 Å². The second kappa shape index (κ2) is 6.17. The minimum Gasteiger partial charge on any atom is -0.260 e. The average Bonchev–Trinajstić information content (AvgIpc) is 2.27. The zero-order valence-corrected chi connectivity index (χ0v) is 11.5. The Bertz CT molecular complexity index is 617. The minimum absolute atomic E-state index is 0.0579. The lowest BCUT2D eigenvalue weighted by atomic mass is 10.3. The molecule has 0 aliphatic carbocycles. The van der Waals surface area contributed by atoms with Gasteiger partial charge in [-0.25, -0.2) is 13.1 Å². The lowest BCUT2D eigenvalue weighted by Crippen LogP contribution is -2.28. The van der Waals surface area contributed by atoms with Crippen LogP contribution in [0.5, 0.6) is 0 Å². The van der Waals surface area contributed by atoms with Crippen molar-refractivity contribution < 1.29 is 21.9 Å². The van der Waals surface area contributed by atoms with Gasteiger partial charge in [-0.1, -0.05) is 6.07 Å². The number of nitrogens with one attached hydrogen (secondary N) is 1. The highest BCUT2D eigenvalue weighted by molar-refractivity contribution is 7.89. The fourth-order valence-corrected chi connectivity index (χ4v) is 3.02. The third-order valence-electron chi connectivity index (χ3n) is 2.10. The van der Waals surface area contributed by atoms with Crippen molar-refractivity contribution in [2.45, 2.75) is 4.90 Å². The second-order valence-corrected chi connectivity index (χ2v) is 6.81. The third-order valence-corrected chi connectivity index (χ3v) is 4.38. The topological polar surface area (TPSA) is 106 Å². The lowest BCUT2D eigenvalue weighted by molar-refractivity contribution is -0.390. The van der Waals surface area contributed by atoms with Crippen molar-refractivity contribution in [1.29, 1.82) is 0 Å². The van der Waals surface area contributed by atoms with E-state index in [1.54, 1.807) is 0 Å². The summed E-state index contributed by atoms with van der Waals surface area (Å²) in [7, 11) is -5.43. The zero-order valence-electron chi connectivity index (χ0n) is 9.83. The molecule has 0 radical (unpaired) electrons. The molecule has 0 amide bonds. The molecule has 0 spiro atoms. The molecule has 1 atom stereocenters. The van der Waals surface area contributed by atoms with Crippen LogP contribution in [0.25, 0.3) is 0 Å². The maximum Gasteiger partial charge on any atom is 0.324 e. The van der Waals surface area contributed by atoms with E-state index in [4.69, 9.17) is 0 Å². The number of para-hydroxylation sites is 1. The largest absolute Gasteiger partial charge is 0.324 e. The van der Waals surface area contributed by atoms with Gasteiger partial charge in [-0.2, -0.15) is 4.39 Å². The average molecular weight is 310 g/mol. The number of sulfonamides is 1. The van der Waals surface area contributed by atoms with E-state index in [0.717, 1.165) is 18.2 Å². The number of nitrogens with zero attached hydrogens (tertiary/aromatic N) is 1. The molecule has 0 bridgehead atoms. The highest BCUT2D eigenvalue weighted by Crippen LogP contribution is 2.26. The Morgan fingerprint density at radius 3 is 2.63 bits per heavy atom. The number of nitro benzene ring substituents is 1. The Balaban J connectivity index is 3.11. The van der Waals surface area contributed by atoms with Gasteiger partial charge in [-0.3, -0.25) is 14.3 Å². The quantitative estimate of drug-likeness (QED) is 0.604. The van der Waals surface area contributed by atoms with Crippen LogP contribution in [0, 0.1) is 15.9 Å². The normalized spacial score (nSPS) is 13.2. The van der Waals surface area contributed by atoms with Crippen LogP contribution in [0.2, 0.25) is 0 Å². The van der Waals surface area contributed by atoms with E-state index in [9.17, 15) is 27.1 Å². The molecule has 0 fully saturated rings. The van der Waals surface area contributed by atoms with Crippen molar-refractivity contribution in [2.24, 2.45) is 0 Å². The van der Waals surface area contributed by atoms with Crippen molar-refractivity contribution in [1.82, 2.24) is 4.72 Å². The fraction of sp³-hybridized carbons (Fsp3) is 0.333. The van der Waals surface area contributed by atoms with Gasteiger partial charge in [0, 0.05) is 29.4 Å². The summed E-state index contributed by atoms with van der Waals surface area (Å²) >= 11 is 0. The second-order valence-electron chi connectivity index (χ2n) is 3.52. The van der Waals surface area contributed by atoms with Crippen LogP contribution in [0.15, 0.2) is 23.1 Å². The van der Waals surface area contributed by atoms with E-state index in [-0.39, 0.29) is 12.3 Å². The van der Waals surface area contributed by atoms with E-state index in [2.05, 4.69) is 0 Å². The first-order valence-electron chi connectivity index (χ1n) is 4.98. The van der Waals surface area contributed by atoms with Crippen LogP contribution >= 0.6 is 0 Å². The van der Waals surface area contributed by atoms with Gasteiger partial charge in [-0.05, 0) is 12.1 Å². The number of rotatable bonds is 6. The molecule has 1 unspecified atom stereocenters. The van der Waals surface area contributed by atoms with Crippen molar-refractivity contribution in [3.05, 3.63) is 34.1 Å². The third kappa shape index (κ3) is 4.04. The monoisotopic (exact) mass is 310 g/mol. The Kier molecular flexibility index (Phi) is 5.09. The predicted octanol–water partition coefficient (Wildman–Crippen LogP) is 0.391. The van der Waals surface area contributed by atoms with Gasteiger partial charge in [0.2, 0.25) is 15.8 Å². The summed E-state index contributed by atoms with van der Waals surface area (Å²) in [6.07, 6.45) is 1.39. The predicted molar refractivity (Wildman–Crippen MR) is 67.2 cm³/mol. The molecular weight excluding hydrogens is 299 g/mol. The van der Waals surface area contributed by atoms with Crippen LogP contribution in [-0.4, -0.2) is 36.1 Å². The SMILES string of the molecule is CS(=O)CCNS(=O)(=O)c1cccc(F)c1[N+](=O)[O-]. The molecule has 0 aliphatic heterocycles. The van der Waals surface area contributed by atoms with Gasteiger partial charge in [0.25, 0.3) is 0 Å². The number of hydrogen-bond donors (Lipinski definition) is 1. The summed E-state index contributed by atoms with van der Waals surface area (Å²) < 4.78 is 49.8. The van der Waals surface area contributed by atoms with Gasteiger partial charge < -0.3 is 0 Å². The smallest absolute Gasteiger partial charge is 0.260 e. The van der Waals surface area contributed by atoms with Gasteiger partial charge in [0.05, 0.1) is 4.92 Å². The Morgan fingerprint density at radius 1 is 1.47 bits per heavy atom. The first kappa shape index (κ1) is 15.7. The van der Waals surface area contributed by atoms with E-state index in [1.165, 1.54) is 6.26 Å². The van der Waals surface area contributed by atoms with Gasteiger partial charge in [-0.15, -0.1) is 0 Å². The van der Waals surface area contributed by atoms with Crippen LogP contribution in [0.4, 0.5) is 10.1 Å². The van der Waals surface area contributed by atoms with Crippen LogP contribution in [0.3, 0.4) is 0 Å². The molecule has 1 N–H and O–H groups in total. The van der Waals surface area contributed by atoms with Crippen LogP contribution < -0.4 is 4.72 Å². The molecule has 0 aromatic heterocycles.